The third-order valence-corrected chi connectivity index (χ3v) is 6.32. The summed E-state index contributed by atoms with van der Waals surface area (Å²) in [5.74, 6) is 0. The fourth-order valence-corrected chi connectivity index (χ4v) is 4.21. The van der Waals surface area contributed by atoms with E-state index in [-0.39, 0.29) is 6.10 Å². The third kappa shape index (κ3) is 15.8. The first-order chi connectivity index (χ1) is 11.9. The zero-order valence-electron chi connectivity index (χ0n) is 16.6. The molecule has 0 saturated carbocycles. The minimum atomic E-state index is -3.92. The van der Waals surface area contributed by atoms with Crippen LogP contribution in [0.15, 0.2) is 0 Å². The highest BCUT2D eigenvalue weighted by molar-refractivity contribution is 7.86. The van der Waals surface area contributed by atoms with Gasteiger partial charge in [-0.15, -0.1) is 0 Å². The first-order valence-corrected chi connectivity index (χ1v) is 12.1. The van der Waals surface area contributed by atoms with Crippen molar-refractivity contribution in [3.05, 3.63) is 0 Å². The third-order valence-electron chi connectivity index (χ3n) is 5.01. The molecule has 0 spiro atoms. The molecule has 2 unspecified atom stereocenters. The van der Waals surface area contributed by atoms with Gasteiger partial charge in [0.05, 0.1) is 11.4 Å². The number of aliphatic hydroxyl groups is 1. The van der Waals surface area contributed by atoms with Crippen LogP contribution >= 0.6 is 0 Å². The molecule has 4 nitrogen and oxygen atoms in total. The maximum absolute atomic E-state index is 11.5. The van der Waals surface area contributed by atoms with Crippen molar-refractivity contribution in [3.8, 4) is 0 Å². The van der Waals surface area contributed by atoms with Crippen molar-refractivity contribution in [2.45, 2.75) is 128 Å². The Labute approximate surface area is 156 Å². The van der Waals surface area contributed by atoms with E-state index in [2.05, 4.69) is 13.8 Å². The largest absolute Gasteiger partial charge is 0.393 e. The summed E-state index contributed by atoms with van der Waals surface area (Å²) in [6, 6.07) is 0. The summed E-state index contributed by atoms with van der Waals surface area (Å²) in [5, 5.41) is 9.20. The molecule has 152 valence electrons. The molecule has 5 heteroatoms. The van der Waals surface area contributed by atoms with Gasteiger partial charge in [-0.3, -0.25) is 4.55 Å². The number of hydrogen-bond donors (Lipinski definition) is 2. The summed E-state index contributed by atoms with van der Waals surface area (Å²) in [7, 11) is -3.92. The predicted octanol–water partition coefficient (Wildman–Crippen LogP) is 5.89. The van der Waals surface area contributed by atoms with E-state index in [4.69, 9.17) is 0 Å². The standard InChI is InChI=1S/C20H42O4S/c1-3-5-7-8-9-13-17-20(25(22,23)24)18-14-11-10-12-16-19(21)15-6-4-2/h19-21H,3-18H2,1-2H3,(H,22,23,24). The molecule has 0 rings (SSSR count). The van der Waals surface area contributed by atoms with Crippen molar-refractivity contribution in [1.82, 2.24) is 0 Å². The zero-order chi connectivity index (χ0) is 19.0. The molecule has 25 heavy (non-hydrogen) atoms. The Morgan fingerprint density at radius 2 is 1.04 bits per heavy atom. The van der Waals surface area contributed by atoms with Crippen molar-refractivity contribution in [1.29, 1.82) is 0 Å². The van der Waals surface area contributed by atoms with Gasteiger partial charge in [0.1, 0.15) is 0 Å². The summed E-state index contributed by atoms with van der Waals surface area (Å²) in [6.07, 6.45) is 15.5. The van der Waals surface area contributed by atoms with Crippen LogP contribution in [0.3, 0.4) is 0 Å². The van der Waals surface area contributed by atoms with Crippen molar-refractivity contribution in [2.75, 3.05) is 0 Å². The molecule has 0 aliphatic heterocycles. The number of unbranched alkanes of at least 4 members (excludes halogenated alkanes) is 9. The Hall–Kier alpha value is -0.130. The fraction of sp³-hybridized carbons (Fsp3) is 1.00. The van der Waals surface area contributed by atoms with E-state index < -0.39 is 15.4 Å². The lowest BCUT2D eigenvalue weighted by Crippen LogP contribution is -2.20. The van der Waals surface area contributed by atoms with E-state index in [0.717, 1.165) is 70.6 Å². The van der Waals surface area contributed by atoms with Crippen molar-refractivity contribution >= 4 is 10.1 Å². The van der Waals surface area contributed by atoms with E-state index in [0.29, 0.717) is 12.8 Å². The van der Waals surface area contributed by atoms with Gasteiger partial charge in [-0.2, -0.15) is 8.42 Å². The van der Waals surface area contributed by atoms with E-state index in [9.17, 15) is 18.1 Å². The first-order valence-electron chi connectivity index (χ1n) is 10.6. The molecule has 0 saturated heterocycles. The quantitative estimate of drug-likeness (QED) is 0.230. The Balaban J connectivity index is 3.79. The molecule has 2 atom stereocenters. The molecule has 0 aliphatic rings. The van der Waals surface area contributed by atoms with Crippen LogP contribution in [0.2, 0.25) is 0 Å². The van der Waals surface area contributed by atoms with Crippen molar-refractivity contribution in [2.24, 2.45) is 0 Å². The molecule has 0 aromatic rings. The summed E-state index contributed by atoms with van der Waals surface area (Å²) in [5.41, 5.74) is 0. The Morgan fingerprint density at radius 1 is 0.640 bits per heavy atom. The smallest absolute Gasteiger partial charge is 0.267 e. The summed E-state index contributed by atoms with van der Waals surface area (Å²) in [4.78, 5) is 0. The maximum atomic E-state index is 11.5. The second-order valence-electron chi connectivity index (χ2n) is 7.48. The monoisotopic (exact) mass is 378 g/mol. The van der Waals surface area contributed by atoms with Gasteiger partial charge in [-0.25, -0.2) is 0 Å². The van der Waals surface area contributed by atoms with E-state index in [1.807, 2.05) is 0 Å². The summed E-state index contributed by atoms with van der Waals surface area (Å²) in [6.45, 7) is 4.31. The Bertz CT molecular complexity index is 381. The van der Waals surface area contributed by atoms with Crippen LogP contribution in [0.25, 0.3) is 0 Å². The lowest BCUT2D eigenvalue weighted by atomic mass is 10.0. The topological polar surface area (TPSA) is 74.6 Å². The molecule has 0 aromatic carbocycles. The van der Waals surface area contributed by atoms with Gasteiger partial charge in [0.25, 0.3) is 10.1 Å². The fourth-order valence-electron chi connectivity index (χ4n) is 3.28. The maximum Gasteiger partial charge on any atom is 0.267 e. The van der Waals surface area contributed by atoms with Gasteiger partial charge in [0.15, 0.2) is 0 Å². The average Bonchev–Trinajstić information content (AvgIpc) is 2.55. The van der Waals surface area contributed by atoms with E-state index >= 15 is 0 Å². The molecule has 0 radical (unpaired) electrons. The molecular formula is C20H42O4S. The molecular weight excluding hydrogens is 336 g/mol. The number of hydrogen-bond acceptors (Lipinski definition) is 3. The number of aliphatic hydroxyl groups excluding tert-OH is 1. The summed E-state index contributed by atoms with van der Waals surface area (Å²) >= 11 is 0. The Morgan fingerprint density at radius 3 is 1.52 bits per heavy atom. The van der Waals surface area contributed by atoms with Crippen LogP contribution in [0.5, 0.6) is 0 Å². The van der Waals surface area contributed by atoms with Crippen LogP contribution in [0.4, 0.5) is 0 Å². The molecule has 0 bridgehead atoms. The zero-order valence-corrected chi connectivity index (χ0v) is 17.4. The van der Waals surface area contributed by atoms with Crippen molar-refractivity contribution < 1.29 is 18.1 Å². The summed E-state index contributed by atoms with van der Waals surface area (Å²) < 4.78 is 32.5. The second-order valence-corrected chi connectivity index (χ2v) is 9.18. The highest BCUT2D eigenvalue weighted by Crippen LogP contribution is 2.19. The minimum absolute atomic E-state index is 0.182. The first kappa shape index (κ1) is 24.9. The Kier molecular flexibility index (Phi) is 16.0. The lowest BCUT2D eigenvalue weighted by molar-refractivity contribution is 0.148. The normalized spacial score (nSPS) is 14.6. The highest BCUT2D eigenvalue weighted by Gasteiger charge is 2.21. The molecule has 0 aromatic heterocycles. The predicted molar refractivity (Wildman–Crippen MR) is 107 cm³/mol. The van der Waals surface area contributed by atoms with E-state index in [1.165, 1.54) is 19.3 Å². The van der Waals surface area contributed by atoms with Crippen LogP contribution in [0, 0.1) is 0 Å². The highest BCUT2D eigenvalue weighted by atomic mass is 32.2. The van der Waals surface area contributed by atoms with Crippen molar-refractivity contribution in [3.63, 3.8) is 0 Å². The van der Waals surface area contributed by atoms with Crippen LogP contribution in [-0.2, 0) is 10.1 Å². The van der Waals surface area contributed by atoms with Crippen LogP contribution in [0.1, 0.15) is 117 Å². The van der Waals surface area contributed by atoms with Gasteiger partial charge in [-0.1, -0.05) is 90.9 Å². The molecule has 0 fully saturated rings. The SMILES string of the molecule is CCCCCCCCC(CCCCCCC(O)CCCC)S(=O)(=O)O. The van der Waals surface area contributed by atoms with Crippen LogP contribution in [-0.4, -0.2) is 29.4 Å². The van der Waals surface area contributed by atoms with Gasteiger partial charge in [0.2, 0.25) is 0 Å². The molecule has 0 heterocycles. The van der Waals surface area contributed by atoms with Gasteiger partial charge in [0, 0.05) is 0 Å². The average molecular weight is 379 g/mol. The molecule has 2 N–H and O–H groups in total. The van der Waals surface area contributed by atoms with E-state index in [1.54, 1.807) is 0 Å². The minimum Gasteiger partial charge on any atom is -0.393 e. The van der Waals surface area contributed by atoms with Gasteiger partial charge < -0.3 is 5.11 Å². The van der Waals surface area contributed by atoms with Gasteiger partial charge in [-0.05, 0) is 25.7 Å². The van der Waals surface area contributed by atoms with Crippen LogP contribution < -0.4 is 0 Å². The number of rotatable bonds is 18. The lowest BCUT2D eigenvalue weighted by Gasteiger charge is -2.14. The van der Waals surface area contributed by atoms with Gasteiger partial charge >= 0.3 is 0 Å². The second kappa shape index (κ2) is 16.1. The molecule has 0 amide bonds. The molecule has 0 aliphatic carbocycles.